The molecule has 0 bridgehead atoms. The van der Waals surface area contributed by atoms with Crippen LogP contribution in [0.4, 0.5) is 5.69 Å². The van der Waals surface area contributed by atoms with Gasteiger partial charge in [0.2, 0.25) is 11.8 Å². The fourth-order valence-corrected chi connectivity index (χ4v) is 6.45. The molecule has 7 nitrogen and oxygen atoms in total. The Kier molecular flexibility index (Phi) is 11.2. The summed E-state index contributed by atoms with van der Waals surface area (Å²) in [6, 6.07) is 30.9. The molecule has 4 aromatic carbocycles. The maximum Gasteiger partial charge on any atom is 0.264 e. The third-order valence-electron chi connectivity index (χ3n) is 7.22. The Hall–Kier alpha value is -4.14. The van der Waals surface area contributed by atoms with Gasteiger partial charge in [0, 0.05) is 24.5 Å². The summed E-state index contributed by atoms with van der Waals surface area (Å²) in [7, 11) is -4.19. The summed E-state index contributed by atoms with van der Waals surface area (Å²) in [5, 5.41) is 3.40. The molecule has 1 atom stereocenters. The number of amides is 2. The fourth-order valence-electron chi connectivity index (χ4n) is 4.85. The second-order valence-corrected chi connectivity index (χ2v) is 13.4. The van der Waals surface area contributed by atoms with E-state index in [0.717, 1.165) is 15.4 Å². The van der Waals surface area contributed by atoms with Crippen LogP contribution in [0.2, 0.25) is 5.02 Å². The molecule has 0 fully saturated rings. The molecule has 0 aromatic heterocycles. The van der Waals surface area contributed by atoms with E-state index in [-0.39, 0.29) is 29.7 Å². The van der Waals surface area contributed by atoms with Gasteiger partial charge in [-0.05, 0) is 59.9 Å². The van der Waals surface area contributed by atoms with E-state index in [9.17, 15) is 18.0 Å². The largest absolute Gasteiger partial charge is 0.354 e. The molecule has 0 aliphatic heterocycles. The highest BCUT2D eigenvalue weighted by atomic mass is 35.5. The summed E-state index contributed by atoms with van der Waals surface area (Å²) in [5.74, 6) is -0.597. The summed E-state index contributed by atoms with van der Waals surface area (Å²) in [6.45, 7) is 5.85. The number of para-hydroxylation sites is 1. The number of sulfonamides is 1. The van der Waals surface area contributed by atoms with Crippen LogP contribution >= 0.6 is 11.6 Å². The SMILES string of the molecule is Cc1ccccc1N(CC(=O)N(Cc1ccccc1)[C@@H](Cc1ccccc1)C(=O)NCC(C)C)S(=O)(=O)c1ccc(Cl)cc1. The van der Waals surface area contributed by atoms with Gasteiger partial charge < -0.3 is 10.2 Å². The van der Waals surface area contributed by atoms with E-state index in [1.807, 2.05) is 80.6 Å². The Bertz CT molecular complexity index is 1650. The van der Waals surface area contributed by atoms with Crippen LogP contribution in [-0.2, 0) is 32.6 Å². The number of carbonyl (C=O) groups is 2. The molecule has 4 aromatic rings. The number of halogens is 1. The number of nitrogens with zero attached hydrogens (tertiary/aromatic N) is 2. The lowest BCUT2D eigenvalue weighted by molar-refractivity contribution is -0.140. The highest BCUT2D eigenvalue weighted by Crippen LogP contribution is 2.28. The van der Waals surface area contributed by atoms with Crippen LogP contribution in [0.15, 0.2) is 114 Å². The van der Waals surface area contributed by atoms with E-state index in [2.05, 4.69) is 5.32 Å². The van der Waals surface area contributed by atoms with Gasteiger partial charge in [-0.15, -0.1) is 0 Å². The van der Waals surface area contributed by atoms with E-state index in [1.54, 1.807) is 25.1 Å². The Morgan fingerprint density at radius 3 is 1.95 bits per heavy atom. The Morgan fingerprint density at radius 2 is 1.36 bits per heavy atom. The summed E-state index contributed by atoms with van der Waals surface area (Å²) in [4.78, 5) is 29.8. The van der Waals surface area contributed by atoms with Crippen molar-refractivity contribution in [2.45, 2.75) is 44.7 Å². The zero-order chi connectivity index (χ0) is 31.7. The van der Waals surface area contributed by atoms with Gasteiger partial charge >= 0.3 is 0 Å². The number of nitrogens with one attached hydrogen (secondary N) is 1. The molecule has 0 heterocycles. The molecule has 0 aliphatic rings. The summed E-state index contributed by atoms with van der Waals surface area (Å²) < 4.78 is 29.4. The first kappa shape index (κ1) is 32.8. The van der Waals surface area contributed by atoms with Gasteiger partial charge in [-0.3, -0.25) is 13.9 Å². The van der Waals surface area contributed by atoms with Crippen molar-refractivity contribution in [1.29, 1.82) is 0 Å². The van der Waals surface area contributed by atoms with Gasteiger partial charge in [-0.25, -0.2) is 8.42 Å². The topological polar surface area (TPSA) is 86.8 Å². The summed E-state index contributed by atoms with van der Waals surface area (Å²) in [5.41, 5.74) is 2.76. The summed E-state index contributed by atoms with van der Waals surface area (Å²) >= 11 is 6.06. The summed E-state index contributed by atoms with van der Waals surface area (Å²) in [6.07, 6.45) is 0.262. The van der Waals surface area contributed by atoms with Crippen LogP contribution in [-0.4, -0.2) is 44.3 Å². The molecule has 0 spiro atoms. The third-order valence-corrected chi connectivity index (χ3v) is 9.24. The van der Waals surface area contributed by atoms with Crippen LogP contribution in [0.3, 0.4) is 0 Å². The lowest BCUT2D eigenvalue weighted by atomic mass is 10.0. The number of carbonyl (C=O) groups excluding carboxylic acids is 2. The normalized spacial score (nSPS) is 12.0. The molecular weight excluding hydrogens is 594 g/mol. The van der Waals surface area contributed by atoms with Crippen molar-refractivity contribution in [2.24, 2.45) is 5.92 Å². The van der Waals surface area contributed by atoms with Crippen LogP contribution in [0.1, 0.15) is 30.5 Å². The quantitative estimate of drug-likeness (QED) is 0.189. The molecule has 9 heteroatoms. The highest BCUT2D eigenvalue weighted by Gasteiger charge is 2.35. The smallest absolute Gasteiger partial charge is 0.264 e. The lowest BCUT2D eigenvalue weighted by Gasteiger charge is -2.34. The molecule has 2 amide bonds. The number of rotatable bonds is 13. The van der Waals surface area contributed by atoms with Crippen molar-refractivity contribution in [3.05, 3.63) is 131 Å². The Balaban J connectivity index is 1.79. The predicted molar refractivity (Wildman–Crippen MR) is 176 cm³/mol. The molecule has 0 saturated heterocycles. The molecule has 4 rings (SSSR count). The molecule has 44 heavy (non-hydrogen) atoms. The van der Waals surface area contributed by atoms with E-state index >= 15 is 0 Å². The van der Waals surface area contributed by atoms with Crippen molar-refractivity contribution in [2.75, 3.05) is 17.4 Å². The Morgan fingerprint density at radius 1 is 0.795 bits per heavy atom. The third kappa shape index (κ3) is 8.49. The van der Waals surface area contributed by atoms with E-state index in [0.29, 0.717) is 22.8 Å². The van der Waals surface area contributed by atoms with Crippen LogP contribution in [0.25, 0.3) is 0 Å². The van der Waals surface area contributed by atoms with Crippen LogP contribution < -0.4 is 9.62 Å². The lowest BCUT2D eigenvalue weighted by Crippen LogP contribution is -2.53. The standard InChI is InChI=1S/C35H38ClN3O4S/c1-26(2)23-37-35(41)33(22-28-13-6-4-7-14-28)38(24-29-15-8-5-9-16-29)34(40)25-39(32-17-11-10-12-27(32)3)44(42,43)31-20-18-30(36)19-21-31/h4-21,26,33H,22-25H2,1-3H3,(H,37,41)/t33-/m0/s1. The first-order valence-corrected chi connectivity index (χ1v) is 16.4. The minimum absolute atomic E-state index is 0.00285. The van der Waals surface area contributed by atoms with Crippen LogP contribution in [0, 0.1) is 12.8 Å². The molecular formula is C35H38ClN3O4S. The average molecular weight is 632 g/mol. The second-order valence-electron chi connectivity index (χ2n) is 11.1. The number of aryl methyl sites for hydroxylation is 1. The van der Waals surface area contributed by atoms with Gasteiger partial charge in [-0.1, -0.05) is 104 Å². The zero-order valence-electron chi connectivity index (χ0n) is 25.2. The van der Waals surface area contributed by atoms with Crippen molar-refractivity contribution in [3.8, 4) is 0 Å². The van der Waals surface area contributed by atoms with E-state index < -0.39 is 28.5 Å². The molecule has 0 saturated carbocycles. The molecule has 0 aliphatic carbocycles. The van der Waals surface area contributed by atoms with Gasteiger partial charge in [0.05, 0.1) is 10.6 Å². The number of hydrogen-bond donors (Lipinski definition) is 1. The molecule has 230 valence electrons. The van der Waals surface area contributed by atoms with Gasteiger partial charge in [0.1, 0.15) is 12.6 Å². The highest BCUT2D eigenvalue weighted by molar-refractivity contribution is 7.92. The molecule has 1 N–H and O–H groups in total. The molecule has 0 unspecified atom stereocenters. The van der Waals surface area contributed by atoms with Gasteiger partial charge in [0.15, 0.2) is 0 Å². The minimum Gasteiger partial charge on any atom is -0.354 e. The van der Waals surface area contributed by atoms with Gasteiger partial charge in [-0.2, -0.15) is 0 Å². The number of anilines is 1. The monoisotopic (exact) mass is 631 g/mol. The van der Waals surface area contributed by atoms with Crippen molar-refractivity contribution in [3.63, 3.8) is 0 Å². The second kappa shape index (κ2) is 15.0. The van der Waals surface area contributed by atoms with Crippen molar-refractivity contribution in [1.82, 2.24) is 10.2 Å². The van der Waals surface area contributed by atoms with Crippen LogP contribution in [0.5, 0.6) is 0 Å². The average Bonchev–Trinajstić information content (AvgIpc) is 3.02. The zero-order valence-corrected chi connectivity index (χ0v) is 26.8. The van der Waals surface area contributed by atoms with E-state index in [1.165, 1.54) is 29.2 Å². The van der Waals surface area contributed by atoms with Gasteiger partial charge in [0.25, 0.3) is 10.0 Å². The number of hydrogen-bond acceptors (Lipinski definition) is 4. The maximum atomic E-state index is 14.5. The van der Waals surface area contributed by atoms with E-state index in [4.69, 9.17) is 11.6 Å². The predicted octanol–water partition coefficient (Wildman–Crippen LogP) is 6.26. The first-order valence-electron chi connectivity index (χ1n) is 14.5. The first-order chi connectivity index (χ1) is 21.1. The minimum atomic E-state index is -4.19. The van der Waals surface area contributed by atoms with Crippen molar-refractivity contribution >= 4 is 39.1 Å². The number of benzene rings is 4. The Labute approximate surface area is 265 Å². The maximum absolute atomic E-state index is 14.5. The van der Waals surface area contributed by atoms with Crippen molar-refractivity contribution < 1.29 is 18.0 Å². The fraction of sp³-hybridized carbons (Fsp3) is 0.257. The molecule has 0 radical (unpaired) electrons.